The van der Waals surface area contributed by atoms with E-state index in [4.69, 9.17) is 20.2 Å². The van der Waals surface area contributed by atoms with Gasteiger partial charge < -0.3 is 25.0 Å². The van der Waals surface area contributed by atoms with E-state index in [0.29, 0.717) is 58.6 Å². The number of rotatable bonds is 2. The Morgan fingerprint density at radius 1 is 1.07 bits per heavy atom. The van der Waals surface area contributed by atoms with E-state index >= 15 is 0 Å². The Morgan fingerprint density at radius 3 is 2.33 bits per heavy atom. The number of aromatic nitrogens is 1. The third-order valence-electron chi connectivity index (χ3n) is 5.25. The van der Waals surface area contributed by atoms with Crippen molar-refractivity contribution < 1.29 is 22.6 Å². The van der Waals surface area contributed by atoms with Gasteiger partial charge in [0.25, 0.3) is 0 Å². The summed E-state index contributed by atoms with van der Waals surface area (Å²) in [5.74, 6) is 0.354. The number of nitrogens with two attached hydrogens (primary N) is 1. The smallest absolute Gasteiger partial charge is 0.384 e. The van der Waals surface area contributed by atoms with Crippen LogP contribution in [-0.4, -0.2) is 97.4 Å². The molecule has 0 aliphatic carbocycles. The van der Waals surface area contributed by atoms with Crippen LogP contribution in [0.15, 0.2) is 22.2 Å². The molecule has 2 N–H and O–H groups in total. The van der Waals surface area contributed by atoms with Crippen LogP contribution >= 0.6 is 0 Å². The number of hydrogen-bond acceptors (Lipinski definition) is 9. The van der Waals surface area contributed by atoms with Gasteiger partial charge >= 0.3 is 6.18 Å². The zero-order valence-electron chi connectivity index (χ0n) is 16.6. The van der Waals surface area contributed by atoms with Gasteiger partial charge in [-0.3, -0.25) is 4.90 Å². The minimum atomic E-state index is -4.60. The van der Waals surface area contributed by atoms with Gasteiger partial charge in [0.2, 0.25) is 5.96 Å². The molecule has 1 atom stereocenters. The Balaban J connectivity index is 1.77. The van der Waals surface area contributed by atoms with Crippen molar-refractivity contribution in [3.8, 4) is 0 Å². The van der Waals surface area contributed by atoms with Crippen molar-refractivity contribution in [3.05, 3.63) is 23.4 Å². The topological polar surface area (TPSA) is 91.8 Å². The Bertz CT molecular complexity index is 834. The molecule has 0 aromatic carbocycles. The van der Waals surface area contributed by atoms with Crippen molar-refractivity contribution in [2.45, 2.75) is 12.5 Å². The molecule has 0 saturated carbocycles. The Kier molecular flexibility index (Phi) is 5.80. The van der Waals surface area contributed by atoms with E-state index in [-0.39, 0.29) is 17.2 Å². The van der Waals surface area contributed by atoms with Gasteiger partial charge in [-0.25, -0.2) is 9.98 Å². The first-order chi connectivity index (χ1) is 14.3. The minimum absolute atomic E-state index is 0.127. The molecule has 0 radical (unpaired) electrons. The van der Waals surface area contributed by atoms with Gasteiger partial charge in [0.1, 0.15) is 11.7 Å². The Hall–Kier alpha value is -2.44. The first-order valence-electron chi connectivity index (χ1n) is 9.71. The first-order valence-corrected chi connectivity index (χ1v) is 9.71. The molecule has 3 aliphatic rings. The molecule has 4 heterocycles. The van der Waals surface area contributed by atoms with Crippen LogP contribution in [-0.2, 0) is 15.7 Å². The van der Waals surface area contributed by atoms with Crippen LogP contribution < -0.4 is 5.73 Å². The zero-order chi connectivity index (χ0) is 21.3. The molecule has 4 rings (SSSR count). The van der Waals surface area contributed by atoms with Gasteiger partial charge in [0.15, 0.2) is 6.29 Å². The highest BCUT2D eigenvalue weighted by atomic mass is 19.4. The number of aliphatic imine (C=N–C) groups is 2. The summed E-state index contributed by atoms with van der Waals surface area (Å²) in [5, 5.41) is 0. The van der Waals surface area contributed by atoms with Crippen molar-refractivity contribution in [1.82, 2.24) is 19.7 Å². The molecule has 164 valence electrons. The number of alkyl halides is 3. The maximum Gasteiger partial charge on any atom is 0.417 e. The molecule has 1 aromatic rings. The van der Waals surface area contributed by atoms with Gasteiger partial charge in [-0.2, -0.15) is 18.2 Å². The van der Waals surface area contributed by atoms with Crippen LogP contribution in [0.4, 0.5) is 19.0 Å². The van der Waals surface area contributed by atoms with Crippen LogP contribution in [0.1, 0.15) is 11.1 Å². The summed E-state index contributed by atoms with van der Waals surface area (Å²) in [7, 11) is 1.69. The zero-order valence-corrected chi connectivity index (χ0v) is 16.6. The molecule has 0 amide bonds. The number of halogens is 3. The van der Waals surface area contributed by atoms with Crippen molar-refractivity contribution in [3.63, 3.8) is 0 Å². The van der Waals surface area contributed by atoms with Crippen LogP contribution in [0.5, 0.6) is 0 Å². The summed E-state index contributed by atoms with van der Waals surface area (Å²) in [6.07, 6.45) is -3.97. The van der Waals surface area contributed by atoms with E-state index in [1.54, 1.807) is 11.9 Å². The molecule has 9 nitrogen and oxygen atoms in total. The number of nitrogens with zero attached hydrogens (tertiary/aromatic N) is 6. The number of nitrogen functional groups attached to an aromatic ring is 1. The molecule has 2 fully saturated rings. The fourth-order valence-electron chi connectivity index (χ4n) is 3.69. The molecule has 30 heavy (non-hydrogen) atoms. The van der Waals surface area contributed by atoms with Crippen molar-refractivity contribution in [2.24, 2.45) is 9.98 Å². The Labute approximate surface area is 172 Å². The van der Waals surface area contributed by atoms with Crippen LogP contribution in [0.25, 0.3) is 0 Å². The fraction of sp³-hybridized carbons (Fsp3) is 0.611. The lowest BCUT2D eigenvalue weighted by Crippen LogP contribution is -2.56. The average molecular weight is 427 g/mol. The van der Waals surface area contributed by atoms with E-state index in [2.05, 4.69) is 14.9 Å². The summed E-state index contributed by atoms with van der Waals surface area (Å²) < 4.78 is 52.1. The maximum atomic E-state index is 13.8. The second kappa shape index (κ2) is 8.36. The number of hydrogen-bond donors (Lipinski definition) is 1. The van der Waals surface area contributed by atoms with Gasteiger partial charge in [-0.1, -0.05) is 0 Å². The van der Waals surface area contributed by atoms with Crippen molar-refractivity contribution >= 4 is 17.6 Å². The predicted octanol–water partition coefficient (Wildman–Crippen LogP) is 0.679. The highest BCUT2D eigenvalue weighted by Gasteiger charge is 2.39. The molecule has 2 saturated heterocycles. The van der Waals surface area contributed by atoms with Crippen LogP contribution in [0.2, 0.25) is 0 Å². The molecule has 12 heteroatoms. The summed E-state index contributed by atoms with van der Waals surface area (Å²) in [6, 6.07) is 0.843. The number of guanidine groups is 1. The number of ether oxygens (including phenoxy) is 2. The standard InChI is InChI=1S/C18H24F3N7O2/c1-26-15(12-11-23-14(22)10-13(12)18(19,20)21)24-16(27-2-6-29-7-3-27)25-17(26)28-4-8-30-9-5-28/h10-11,17H,2-9H2,1H3,(H2,22,23). The Morgan fingerprint density at radius 2 is 1.70 bits per heavy atom. The largest absolute Gasteiger partial charge is 0.417 e. The number of amidine groups is 1. The van der Waals surface area contributed by atoms with E-state index in [0.717, 1.165) is 12.3 Å². The highest BCUT2D eigenvalue weighted by Crippen LogP contribution is 2.34. The van der Waals surface area contributed by atoms with E-state index in [1.165, 1.54) is 0 Å². The van der Waals surface area contributed by atoms with Crippen LogP contribution in [0, 0.1) is 0 Å². The lowest BCUT2D eigenvalue weighted by Gasteiger charge is -2.42. The minimum Gasteiger partial charge on any atom is -0.384 e. The van der Waals surface area contributed by atoms with Gasteiger partial charge in [0.05, 0.1) is 32.0 Å². The lowest BCUT2D eigenvalue weighted by molar-refractivity contribution is -0.137. The first kappa shape index (κ1) is 20.8. The lowest BCUT2D eigenvalue weighted by atomic mass is 10.1. The normalized spacial score (nSPS) is 23.9. The molecule has 0 spiro atoms. The second-order valence-electron chi connectivity index (χ2n) is 7.22. The van der Waals surface area contributed by atoms with Gasteiger partial charge in [-0.05, 0) is 6.07 Å². The average Bonchev–Trinajstić information content (AvgIpc) is 2.75. The summed E-state index contributed by atoms with van der Waals surface area (Å²) in [6.45, 7) is 4.48. The molecule has 1 unspecified atom stereocenters. The van der Waals surface area contributed by atoms with Gasteiger partial charge in [-0.15, -0.1) is 0 Å². The van der Waals surface area contributed by atoms with E-state index in [9.17, 15) is 13.2 Å². The second-order valence-corrected chi connectivity index (χ2v) is 7.22. The SMILES string of the molecule is CN1C(c2cnc(N)cc2C(F)(F)F)=NC(N2CCOCC2)=NC1N1CCOCC1. The predicted molar refractivity (Wildman–Crippen MR) is 104 cm³/mol. The highest BCUT2D eigenvalue weighted by molar-refractivity contribution is 6.08. The van der Waals surface area contributed by atoms with E-state index in [1.807, 2.05) is 4.90 Å². The number of pyridine rings is 1. The monoisotopic (exact) mass is 427 g/mol. The summed E-state index contributed by atoms with van der Waals surface area (Å²) in [4.78, 5) is 18.8. The molecule has 3 aliphatic heterocycles. The summed E-state index contributed by atoms with van der Waals surface area (Å²) in [5.41, 5.74) is 4.55. The third kappa shape index (κ3) is 4.20. The molecule has 1 aromatic heterocycles. The van der Waals surface area contributed by atoms with Crippen molar-refractivity contribution in [2.75, 3.05) is 65.4 Å². The molecular formula is C18H24F3N7O2. The van der Waals surface area contributed by atoms with Crippen LogP contribution in [0.3, 0.4) is 0 Å². The molecular weight excluding hydrogens is 403 g/mol. The number of morpholine rings is 2. The molecule has 0 bridgehead atoms. The van der Waals surface area contributed by atoms with Gasteiger partial charge in [0, 0.05) is 45.0 Å². The maximum absolute atomic E-state index is 13.8. The summed E-state index contributed by atoms with van der Waals surface area (Å²) >= 11 is 0. The van der Waals surface area contributed by atoms with E-state index < -0.39 is 18.0 Å². The third-order valence-corrected chi connectivity index (χ3v) is 5.25. The fourth-order valence-corrected chi connectivity index (χ4v) is 3.69. The quantitative estimate of drug-likeness (QED) is 0.742. The van der Waals surface area contributed by atoms with Crippen molar-refractivity contribution in [1.29, 1.82) is 0 Å². The number of anilines is 1.